The normalized spacial score (nSPS) is 11.9. The second-order valence-electron chi connectivity index (χ2n) is 8.75. The lowest BCUT2D eigenvalue weighted by Gasteiger charge is -2.09. The third-order valence-corrected chi connectivity index (χ3v) is 7.61. The Balaban J connectivity index is 1.58. The van der Waals surface area contributed by atoms with Crippen molar-refractivity contribution in [1.29, 1.82) is 0 Å². The summed E-state index contributed by atoms with van der Waals surface area (Å²) < 4.78 is 30.6. The molecule has 0 aliphatic rings. The Morgan fingerprint density at radius 3 is 2.17 bits per heavy atom. The number of nitrogens with one attached hydrogen (secondary N) is 1. The Morgan fingerprint density at radius 1 is 0.914 bits per heavy atom. The van der Waals surface area contributed by atoms with E-state index >= 15 is 0 Å². The van der Waals surface area contributed by atoms with E-state index in [4.69, 9.17) is 10.2 Å². The van der Waals surface area contributed by atoms with Crippen LogP contribution >= 0.6 is 0 Å². The Labute approximate surface area is 204 Å². The number of benzene rings is 2. The van der Waals surface area contributed by atoms with Crippen LogP contribution in [-0.4, -0.2) is 39.9 Å². The molecule has 0 saturated carbocycles. The van der Waals surface area contributed by atoms with Gasteiger partial charge in [0.05, 0.1) is 22.0 Å². The summed E-state index contributed by atoms with van der Waals surface area (Å²) in [5, 5.41) is 11.1. The van der Waals surface area contributed by atoms with E-state index in [1.807, 2.05) is 24.3 Å². The van der Waals surface area contributed by atoms with Gasteiger partial charge in [-0.1, -0.05) is 38.1 Å². The molecule has 2 heterocycles. The second kappa shape index (κ2) is 9.93. The zero-order chi connectivity index (χ0) is 25.2. The maximum atomic E-state index is 12.4. The molecule has 182 valence electrons. The van der Waals surface area contributed by atoms with Crippen molar-refractivity contribution in [1.82, 2.24) is 25.5 Å². The van der Waals surface area contributed by atoms with E-state index in [0.29, 0.717) is 23.2 Å². The third kappa shape index (κ3) is 5.39. The van der Waals surface area contributed by atoms with Crippen molar-refractivity contribution < 1.29 is 12.8 Å². The molecule has 0 aliphatic carbocycles. The zero-order valence-corrected chi connectivity index (χ0v) is 20.9. The first-order valence-electron chi connectivity index (χ1n) is 11.3. The standard InChI is InChI=1S/C25H28N6O3S/c1-15(2)27-13-17-5-7-19(8-6-17)24-30-31-25(34-24)22-23(26)28-14-21(29-22)18-9-11-20(12-10-18)35(32,33)16(3)4/h5-12,14-16,27H,13H2,1-4H3,(H2,26,28). The number of nitrogens with zero attached hydrogens (tertiary/aromatic N) is 4. The van der Waals surface area contributed by atoms with Gasteiger partial charge in [0, 0.05) is 23.7 Å². The van der Waals surface area contributed by atoms with Crippen molar-refractivity contribution >= 4 is 15.7 Å². The fourth-order valence-corrected chi connectivity index (χ4v) is 4.36. The van der Waals surface area contributed by atoms with Gasteiger partial charge in [-0.15, -0.1) is 10.2 Å². The summed E-state index contributed by atoms with van der Waals surface area (Å²) in [6.07, 6.45) is 1.52. The van der Waals surface area contributed by atoms with Crippen LogP contribution in [0.1, 0.15) is 33.3 Å². The minimum Gasteiger partial charge on any atom is -0.414 e. The molecule has 3 N–H and O–H groups in total. The van der Waals surface area contributed by atoms with Crippen LogP contribution in [0.3, 0.4) is 0 Å². The van der Waals surface area contributed by atoms with Crippen LogP contribution in [0.15, 0.2) is 64.0 Å². The van der Waals surface area contributed by atoms with Gasteiger partial charge >= 0.3 is 0 Å². The van der Waals surface area contributed by atoms with Crippen molar-refractivity contribution in [2.45, 2.75) is 50.4 Å². The maximum absolute atomic E-state index is 12.4. The summed E-state index contributed by atoms with van der Waals surface area (Å²) in [4.78, 5) is 9.04. The molecular formula is C25H28N6O3S. The summed E-state index contributed by atoms with van der Waals surface area (Å²) >= 11 is 0. The highest BCUT2D eigenvalue weighted by Gasteiger charge is 2.20. The lowest BCUT2D eigenvalue weighted by molar-refractivity contribution is 0.581. The predicted octanol–water partition coefficient (Wildman–Crippen LogP) is 4.12. The Morgan fingerprint density at radius 2 is 1.54 bits per heavy atom. The SMILES string of the molecule is CC(C)NCc1ccc(-c2nnc(-c3nc(-c4ccc(S(=O)(=O)C(C)C)cc4)cnc3N)o2)cc1. The number of anilines is 1. The first-order valence-corrected chi connectivity index (χ1v) is 12.8. The molecule has 0 atom stereocenters. The van der Waals surface area contributed by atoms with Crippen LogP contribution in [0, 0.1) is 0 Å². The van der Waals surface area contributed by atoms with Gasteiger partial charge in [-0.3, -0.25) is 0 Å². The number of hydrogen-bond acceptors (Lipinski definition) is 9. The van der Waals surface area contributed by atoms with Gasteiger partial charge in [-0.25, -0.2) is 18.4 Å². The molecule has 0 aliphatic heterocycles. The molecule has 0 spiro atoms. The summed E-state index contributed by atoms with van der Waals surface area (Å²) in [6, 6.07) is 14.8. The smallest absolute Gasteiger partial charge is 0.270 e. The average Bonchev–Trinajstić information content (AvgIpc) is 3.33. The topological polar surface area (TPSA) is 137 Å². The molecule has 10 heteroatoms. The molecule has 2 aromatic heterocycles. The van der Waals surface area contributed by atoms with E-state index < -0.39 is 15.1 Å². The van der Waals surface area contributed by atoms with E-state index in [0.717, 1.165) is 17.7 Å². The van der Waals surface area contributed by atoms with E-state index in [1.165, 1.54) is 6.20 Å². The Hall–Kier alpha value is -3.63. The molecular weight excluding hydrogens is 464 g/mol. The van der Waals surface area contributed by atoms with Crippen LogP contribution in [-0.2, 0) is 16.4 Å². The molecule has 4 aromatic rings. The molecule has 0 saturated heterocycles. The van der Waals surface area contributed by atoms with Crippen LogP contribution in [0.2, 0.25) is 0 Å². The summed E-state index contributed by atoms with van der Waals surface area (Å²) in [5.74, 6) is 0.646. The first-order chi connectivity index (χ1) is 16.6. The number of aromatic nitrogens is 4. The van der Waals surface area contributed by atoms with Crippen molar-refractivity contribution in [2.75, 3.05) is 5.73 Å². The lowest BCUT2D eigenvalue weighted by atomic mass is 10.1. The quantitative estimate of drug-likeness (QED) is 0.372. The molecule has 0 amide bonds. The third-order valence-electron chi connectivity index (χ3n) is 5.44. The second-order valence-corrected chi connectivity index (χ2v) is 11.3. The van der Waals surface area contributed by atoms with Gasteiger partial charge in [0.2, 0.25) is 5.89 Å². The van der Waals surface area contributed by atoms with Gasteiger partial charge in [0.1, 0.15) is 0 Å². The fraction of sp³-hybridized carbons (Fsp3) is 0.280. The van der Waals surface area contributed by atoms with Crippen LogP contribution < -0.4 is 11.1 Å². The van der Waals surface area contributed by atoms with Crippen molar-refractivity contribution in [2.24, 2.45) is 0 Å². The van der Waals surface area contributed by atoms with E-state index in [-0.39, 0.29) is 22.3 Å². The fourth-order valence-electron chi connectivity index (χ4n) is 3.31. The Kier molecular flexibility index (Phi) is 6.95. The van der Waals surface area contributed by atoms with Gasteiger partial charge in [0.25, 0.3) is 5.89 Å². The van der Waals surface area contributed by atoms with E-state index in [1.54, 1.807) is 38.1 Å². The van der Waals surface area contributed by atoms with Crippen molar-refractivity contribution in [3.63, 3.8) is 0 Å². The molecule has 4 rings (SSSR count). The van der Waals surface area contributed by atoms with Crippen LogP contribution in [0.25, 0.3) is 34.3 Å². The molecule has 0 bridgehead atoms. The number of rotatable bonds is 8. The average molecular weight is 493 g/mol. The predicted molar refractivity (Wildman–Crippen MR) is 135 cm³/mol. The number of nitrogen functional groups attached to an aromatic ring is 1. The highest BCUT2D eigenvalue weighted by atomic mass is 32.2. The van der Waals surface area contributed by atoms with Gasteiger partial charge in [-0.2, -0.15) is 0 Å². The van der Waals surface area contributed by atoms with Gasteiger partial charge in [0.15, 0.2) is 21.3 Å². The molecule has 0 unspecified atom stereocenters. The maximum Gasteiger partial charge on any atom is 0.270 e. The summed E-state index contributed by atoms with van der Waals surface area (Å²) in [5.41, 5.74) is 9.43. The van der Waals surface area contributed by atoms with Gasteiger partial charge in [-0.05, 0) is 43.7 Å². The van der Waals surface area contributed by atoms with E-state index in [2.05, 4.69) is 39.3 Å². The van der Waals surface area contributed by atoms with Crippen molar-refractivity contribution in [3.8, 4) is 34.3 Å². The molecule has 35 heavy (non-hydrogen) atoms. The Bertz CT molecular complexity index is 1410. The molecule has 9 nitrogen and oxygen atoms in total. The highest BCUT2D eigenvalue weighted by Crippen LogP contribution is 2.28. The highest BCUT2D eigenvalue weighted by molar-refractivity contribution is 7.92. The van der Waals surface area contributed by atoms with Crippen LogP contribution in [0.5, 0.6) is 0 Å². The lowest BCUT2D eigenvalue weighted by Crippen LogP contribution is -2.21. The van der Waals surface area contributed by atoms with Crippen LogP contribution in [0.4, 0.5) is 5.82 Å². The van der Waals surface area contributed by atoms with E-state index in [9.17, 15) is 8.42 Å². The molecule has 0 fully saturated rings. The van der Waals surface area contributed by atoms with Gasteiger partial charge < -0.3 is 15.5 Å². The summed E-state index contributed by atoms with van der Waals surface area (Å²) in [6.45, 7) is 8.28. The summed E-state index contributed by atoms with van der Waals surface area (Å²) in [7, 11) is -3.36. The minimum absolute atomic E-state index is 0.149. The molecule has 2 aromatic carbocycles. The zero-order valence-electron chi connectivity index (χ0n) is 20.1. The number of hydrogen-bond donors (Lipinski definition) is 2. The molecule has 0 radical (unpaired) electrons. The monoisotopic (exact) mass is 492 g/mol. The largest absolute Gasteiger partial charge is 0.414 e. The first kappa shape index (κ1) is 24.5. The van der Waals surface area contributed by atoms with Crippen molar-refractivity contribution in [3.05, 3.63) is 60.3 Å². The number of sulfone groups is 1. The minimum atomic E-state index is -3.36. The number of nitrogens with two attached hydrogens (primary N) is 1.